The molecule has 48 heavy (non-hydrogen) atoms. The van der Waals surface area contributed by atoms with E-state index >= 15 is 0 Å². The van der Waals surface area contributed by atoms with Crippen molar-refractivity contribution < 1.29 is 14.7 Å². The van der Waals surface area contributed by atoms with Crippen molar-refractivity contribution in [2.75, 3.05) is 25.4 Å². The fourth-order valence-corrected chi connectivity index (χ4v) is 7.13. The van der Waals surface area contributed by atoms with Crippen LogP contribution in [0.1, 0.15) is 43.7 Å². The van der Waals surface area contributed by atoms with E-state index in [0.717, 1.165) is 74.1 Å². The number of nitrogens with one attached hydrogen (secondary N) is 1. The molecule has 0 radical (unpaired) electrons. The largest absolute Gasteiger partial charge is 0.507 e. The van der Waals surface area contributed by atoms with Crippen LogP contribution in [0.5, 0.6) is 5.75 Å². The third-order valence-electron chi connectivity index (χ3n) is 9.61. The number of hydrogen-bond donors (Lipinski definition) is 3. The molecular formula is C35H39N9O4. The van der Waals surface area contributed by atoms with Crippen molar-refractivity contribution >= 4 is 28.7 Å². The van der Waals surface area contributed by atoms with Crippen molar-refractivity contribution in [3.05, 3.63) is 77.0 Å². The van der Waals surface area contributed by atoms with Gasteiger partial charge in [-0.15, -0.1) is 10.2 Å². The Morgan fingerprint density at radius 1 is 1.02 bits per heavy atom. The van der Waals surface area contributed by atoms with E-state index < -0.39 is 11.9 Å². The maximum atomic E-state index is 13.1. The Hall–Kier alpha value is -5.30. The Balaban J connectivity index is 0.962. The number of amides is 2. The number of piperidine rings is 2. The lowest BCUT2D eigenvalue weighted by atomic mass is 9.97. The molecule has 3 aromatic heterocycles. The second-order valence-corrected chi connectivity index (χ2v) is 12.9. The normalized spacial score (nSPS) is 18.8. The fraction of sp³-hybridized carbons (Fsp3) is 0.371. The molecule has 2 aliphatic rings. The summed E-state index contributed by atoms with van der Waals surface area (Å²) in [7, 11) is 1.73. The number of aromatic nitrogens is 6. The number of hydrogen-bond acceptors (Lipinski definition) is 9. The first-order valence-electron chi connectivity index (χ1n) is 16.5. The van der Waals surface area contributed by atoms with Crippen LogP contribution >= 0.6 is 0 Å². The van der Waals surface area contributed by atoms with Crippen molar-refractivity contribution in [3.8, 4) is 28.1 Å². The molecule has 7 rings (SSSR count). The minimum absolute atomic E-state index is 0.134. The number of imide groups is 1. The number of para-hydroxylation sites is 1. The number of nitrogens with two attached hydrogens (primary N) is 1. The molecule has 2 saturated heterocycles. The second kappa shape index (κ2) is 13.1. The summed E-state index contributed by atoms with van der Waals surface area (Å²) in [6.07, 6.45) is 8.47. The van der Waals surface area contributed by atoms with Gasteiger partial charge in [0.15, 0.2) is 5.82 Å². The van der Waals surface area contributed by atoms with Crippen LogP contribution in [-0.4, -0.2) is 70.6 Å². The minimum Gasteiger partial charge on any atom is -0.507 e. The predicted octanol–water partition coefficient (Wildman–Crippen LogP) is 3.27. The van der Waals surface area contributed by atoms with Gasteiger partial charge in [-0.3, -0.25) is 28.7 Å². The average Bonchev–Trinajstić information content (AvgIpc) is 3.63. The number of fused-ring (bicyclic) bond motifs is 1. The van der Waals surface area contributed by atoms with Gasteiger partial charge < -0.3 is 15.7 Å². The number of phenols is 1. The zero-order valence-electron chi connectivity index (χ0n) is 26.9. The molecule has 0 saturated carbocycles. The zero-order chi connectivity index (χ0) is 33.4. The average molecular weight is 650 g/mol. The van der Waals surface area contributed by atoms with Crippen LogP contribution in [0.2, 0.25) is 0 Å². The SMILES string of the molecule is Cn1c(=O)n(C2CCC(=O)NC2=O)c2ccc(CCCN3CCC[C@@H](Cn4cc(-c5cc(-c6ccccc6O)nnc5N)cn4)C3)cc21. The van der Waals surface area contributed by atoms with E-state index in [1.54, 1.807) is 36.0 Å². The molecule has 2 atom stereocenters. The number of carbonyl (C=O) groups is 2. The lowest BCUT2D eigenvalue weighted by molar-refractivity contribution is -0.135. The molecule has 2 aliphatic heterocycles. The summed E-state index contributed by atoms with van der Waals surface area (Å²) in [5, 5.41) is 25.6. The molecule has 2 amide bonds. The number of carbonyl (C=O) groups excluding carboxylic acids is 2. The summed E-state index contributed by atoms with van der Waals surface area (Å²) >= 11 is 0. The van der Waals surface area contributed by atoms with E-state index in [9.17, 15) is 19.5 Å². The Morgan fingerprint density at radius 3 is 2.71 bits per heavy atom. The third-order valence-corrected chi connectivity index (χ3v) is 9.61. The Bertz CT molecular complexity index is 2060. The van der Waals surface area contributed by atoms with Gasteiger partial charge in [-0.25, -0.2) is 4.79 Å². The number of anilines is 1. The van der Waals surface area contributed by atoms with Crippen LogP contribution in [0.3, 0.4) is 0 Å². The van der Waals surface area contributed by atoms with Gasteiger partial charge in [0, 0.05) is 49.4 Å². The van der Waals surface area contributed by atoms with Gasteiger partial charge in [0.1, 0.15) is 11.8 Å². The molecule has 1 unspecified atom stereocenters. The molecule has 2 fully saturated rings. The zero-order valence-corrected chi connectivity index (χ0v) is 26.9. The maximum Gasteiger partial charge on any atom is 0.329 e. The molecule has 5 heterocycles. The van der Waals surface area contributed by atoms with E-state index in [0.29, 0.717) is 34.9 Å². The number of rotatable bonds is 9. The van der Waals surface area contributed by atoms with Crippen molar-refractivity contribution in [3.63, 3.8) is 0 Å². The van der Waals surface area contributed by atoms with E-state index in [-0.39, 0.29) is 23.8 Å². The molecular weight excluding hydrogens is 610 g/mol. The monoisotopic (exact) mass is 649 g/mol. The summed E-state index contributed by atoms with van der Waals surface area (Å²) in [6.45, 7) is 3.84. The summed E-state index contributed by atoms with van der Waals surface area (Å²) < 4.78 is 5.09. The highest BCUT2D eigenvalue weighted by Gasteiger charge is 2.31. The number of phenolic OH excluding ortho intramolecular Hbond substituents is 1. The molecule has 2 aromatic carbocycles. The van der Waals surface area contributed by atoms with E-state index in [2.05, 4.69) is 25.5 Å². The van der Waals surface area contributed by atoms with E-state index in [1.165, 1.54) is 4.57 Å². The summed E-state index contributed by atoms with van der Waals surface area (Å²) in [5.41, 5.74) is 11.3. The first kappa shape index (κ1) is 31.3. The van der Waals surface area contributed by atoms with Gasteiger partial charge in [-0.05, 0) is 87.0 Å². The smallest absolute Gasteiger partial charge is 0.329 e. The molecule has 4 N–H and O–H groups in total. The topological polar surface area (TPSA) is 166 Å². The number of aryl methyl sites for hydroxylation is 2. The van der Waals surface area contributed by atoms with Crippen molar-refractivity contribution in [1.29, 1.82) is 0 Å². The highest BCUT2D eigenvalue weighted by molar-refractivity contribution is 6.00. The van der Waals surface area contributed by atoms with Crippen LogP contribution in [0, 0.1) is 5.92 Å². The molecule has 13 nitrogen and oxygen atoms in total. The van der Waals surface area contributed by atoms with Crippen molar-refractivity contribution in [1.82, 2.24) is 39.3 Å². The Morgan fingerprint density at radius 2 is 1.88 bits per heavy atom. The van der Waals surface area contributed by atoms with Crippen LogP contribution in [0.15, 0.2) is 65.7 Å². The summed E-state index contributed by atoms with van der Waals surface area (Å²) in [5.74, 6) is 0.190. The van der Waals surface area contributed by atoms with Crippen LogP contribution in [-0.2, 0) is 29.6 Å². The fourth-order valence-electron chi connectivity index (χ4n) is 7.13. The highest BCUT2D eigenvalue weighted by atomic mass is 16.3. The molecule has 13 heteroatoms. The first-order chi connectivity index (χ1) is 23.2. The van der Waals surface area contributed by atoms with E-state index in [4.69, 9.17) is 5.73 Å². The summed E-state index contributed by atoms with van der Waals surface area (Å²) in [6, 6.07) is 14.2. The van der Waals surface area contributed by atoms with Gasteiger partial charge in [0.2, 0.25) is 11.8 Å². The lowest BCUT2D eigenvalue weighted by Gasteiger charge is -2.32. The molecule has 248 valence electrons. The maximum absolute atomic E-state index is 13.1. The molecule has 0 aliphatic carbocycles. The van der Waals surface area contributed by atoms with Crippen molar-refractivity contribution in [2.24, 2.45) is 13.0 Å². The van der Waals surface area contributed by atoms with Gasteiger partial charge in [-0.1, -0.05) is 18.2 Å². The quantitative estimate of drug-likeness (QED) is 0.203. The number of benzene rings is 2. The van der Waals surface area contributed by atoms with Crippen molar-refractivity contribution in [2.45, 2.75) is 51.1 Å². The Labute approximate surface area is 277 Å². The number of aromatic hydroxyl groups is 1. The van der Waals surface area contributed by atoms with Crippen LogP contribution < -0.4 is 16.7 Å². The van der Waals surface area contributed by atoms with Gasteiger partial charge in [-0.2, -0.15) is 5.10 Å². The number of nitrogen functional groups attached to an aromatic ring is 1. The van der Waals surface area contributed by atoms with E-state index in [1.807, 2.05) is 41.2 Å². The predicted molar refractivity (Wildman–Crippen MR) is 181 cm³/mol. The molecule has 0 bridgehead atoms. The molecule has 0 spiro atoms. The second-order valence-electron chi connectivity index (χ2n) is 12.9. The van der Waals surface area contributed by atoms with Gasteiger partial charge in [0.05, 0.1) is 22.9 Å². The summed E-state index contributed by atoms with van der Waals surface area (Å²) in [4.78, 5) is 39.8. The van der Waals surface area contributed by atoms with Gasteiger partial charge >= 0.3 is 5.69 Å². The highest BCUT2D eigenvalue weighted by Crippen LogP contribution is 2.32. The third kappa shape index (κ3) is 6.20. The first-order valence-corrected chi connectivity index (χ1v) is 16.5. The molecule has 5 aromatic rings. The number of imidazole rings is 1. The lowest BCUT2D eigenvalue weighted by Crippen LogP contribution is -2.44. The van der Waals surface area contributed by atoms with Gasteiger partial charge in [0.25, 0.3) is 0 Å². The number of likely N-dealkylation sites (tertiary alicyclic amines) is 1. The Kier molecular flexibility index (Phi) is 8.52. The van der Waals surface area contributed by atoms with Crippen LogP contribution in [0.25, 0.3) is 33.4 Å². The minimum atomic E-state index is -0.682. The number of nitrogens with zero attached hydrogens (tertiary/aromatic N) is 7. The van der Waals surface area contributed by atoms with Crippen LogP contribution in [0.4, 0.5) is 5.82 Å². The standard InChI is InChI=1S/C35H39N9O4/c1-41-30-16-22(10-11-28(30)44(35(41)48)29-12-13-32(46)38-34(29)47)6-4-14-42-15-5-7-23(19-42)20-43-21-24(18-37-43)26-17-27(39-40-33(26)36)25-8-2-3-9-31(25)45/h2-3,8-11,16-18,21,23,29,45H,4-7,12-15,19-20H2,1H3,(H2,36,40)(H,38,46,47)/t23-,29?/m1/s1.